The van der Waals surface area contributed by atoms with E-state index in [2.05, 4.69) is 0 Å². The van der Waals surface area contributed by atoms with Gasteiger partial charge in [-0.1, -0.05) is 72.8 Å². The molecule has 2 bridgehead atoms. The van der Waals surface area contributed by atoms with E-state index in [4.69, 9.17) is 9.47 Å². The smallest absolute Gasteiger partial charge is 0.311 e. The lowest BCUT2D eigenvalue weighted by Crippen LogP contribution is -2.44. The van der Waals surface area contributed by atoms with Crippen molar-refractivity contribution in [1.29, 1.82) is 0 Å². The highest BCUT2D eigenvalue weighted by atomic mass is 16.5. The van der Waals surface area contributed by atoms with Crippen molar-refractivity contribution in [3.63, 3.8) is 0 Å². The van der Waals surface area contributed by atoms with Crippen molar-refractivity contribution in [1.82, 2.24) is 0 Å². The highest BCUT2D eigenvalue weighted by Crippen LogP contribution is 2.71. The second-order valence-electron chi connectivity index (χ2n) is 9.55. The zero-order valence-corrected chi connectivity index (χ0v) is 19.5. The topological polar surface area (TPSA) is 69.7 Å². The fourth-order valence-corrected chi connectivity index (χ4v) is 6.26. The van der Waals surface area contributed by atoms with Crippen molar-refractivity contribution in [3.05, 3.63) is 83.9 Å². The van der Waals surface area contributed by atoms with Crippen LogP contribution < -0.4 is 0 Å². The van der Waals surface area contributed by atoms with Crippen LogP contribution in [0.4, 0.5) is 0 Å². The summed E-state index contributed by atoms with van der Waals surface area (Å²) in [7, 11) is 0. The molecule has 0 radical (unpaired) electrons. The second kappa shape index (κ2) is 8.39. The van der Waals surface area contributed by atoms with Gasteiger partial charge in [-0.15, -0.1) is 0 Å². The SMILES string of the molecule is C[C@]12C(=O)[C@](C)(C(c3ccccc3)=C1c1ccccc1)[C@@H]1C(=O)OCC/C=C\CCOC(=O)[C@H]12. The quantitative estimate of drug-likeness (QED) is 0.476. The number of ether oxygens (including phenoxy) is 2. The lowest BCUT2D eigenvalue weighted by molar-refractivity contribution is -0.164. The Morgan fingerprint density at radius 2 is 1.03 bits per heavy atom. The number of carbonyl (C=O) groups is 3. The molecule has 0 N–H and O–H groups in total. The summed E-state index contributed by atoms with van der Waals surface area (Å²) in [4.78, 5) is 41.4. The standard InChI is InChI=1S/C29H28O5/c1-28-21(19-13-7-5-8-14-19)22(20-15-9-6-10-16-20)29(2,27(28)32)24-23(28)25(30)33-17-11-3-4-12-18-34-26(24)31/h3-10,13-16,23-24H,11-12,17-18H2,1-2H3/b4-3-/t23-,24-,28-,29+/m0/s1. The number of cyclic esters (lactones) is 2. The van der Waals surface area contributed by atoms with Crippen LogP contribution in [0.1, 0.15) is 37.8 Å². The van der Waals surface area contributed by atoms with Gasteiger partial charge in [0.2, 0.25) is 0 Å². The molecule has 34 heavy (non-hydrogen) atoms. The third-order valence-electron chi connectivity index (χ3n) is 7.67. The van der Waals surface area contributed by atoms with Gasteiger partial charge in [0.25, 0.3) is 0 Å². The van der Waals surface area contributed by atoms with Crippen LogP contribution in [-0.4, -0.2) is 30.9 Å². The van der Waals surface area contributed by atoms with E-state index in [1.807, 2.05) is 72.8 Å². The third-order valence-corrected chi connectivity index (χ3v) is 7.67. The Balaban J connectivity index is 1.78. The fourth-order valence-electron chi connectivity index (χ4n) is 6.26. The summed E-state index contributed by atoms with van der Waals surface area (Å²) >= 11 is 0. The van der Waals surface area contributed by atoms with Crippen LogP contribution in [0.3, 0.4) is 0 Å². The number of fused-ring (bicyclic) bond motifs is 5. The van der Waals surface area contributed by atoms with Crippen LogP contribution >= 0.6 is 0 Å². The number of benzene rings is 2. The Morgan fingerprint density at radius 1 is 0.647 bits per heavy atom. The van der Waals surface area contributed by atoms with E-state index in [1.54, 1.807) is 13.8 Å². The molecule has 1 aliphatic heterocycles. The van der Waals surface area contributed by atoms with Gasteiger partial charge in [-0.2, -0.15) is 0 Å². The summed E-state index contributed by atoms with van der Waals surface area (Å²) in [6.07, 6.45) is 4.99. The van der Waals surface area contributed by atoms with Crippen molar-refractivity contribution in [2.75, 3.05) is 13.2 Å². The molecule has 3 aliphatic rings. The molecule has 0 saturated heterocycles. The Morgan fingerprint density at radius 3 is 1.41 bits per heavy atom. The van der Waals surface area contributed by atoms with E-state index in [9.17, 15) is 14.4 Å². The maximum atomic E-state index is 14.3. The molecule has 1 fully saturated rings. The molecule has 0 spiro atoms. The van der Waals surface area contributed by atoms with Gasteiger partial charge in [0, 0.05) is 0 Å². The van der Waals surface area contributed by atoms with E-state index >= 15 is 0 Å². The van der Waals surface area contributed by atoms with Crippen molar-refractivity contribution in [2.45, 2.75) is 26.7 Å². The second-order valence-corrected chi connectivity index (χ2v) is 9.55. The molecule has 2 aromatic rings. The molecular weight excluding hydrogens is 428 g/mol. The average molecular weight is 457 g/mol. The van der Waals surface area contributed by atoms with E-state index in [1.165, 1.54) is 0 Å². The minimum Gasteiger partial charge on any atom is -0.465 e. The number of hydrogen-bond donors (Lipinski definition) is 0. The van der Waals surface area contributed by atoms with Gasteiger partial charge < -0.3 is 9.47 Å². The lowest BCUT2D eigenvalue weighted by atomic mass is 9.62. The summed E-state index contributed by atoms with van der Waals surface area (Å²) in [5, 5.41) is 0. The van der Waals surface area contributed by atoms with Crippen LogP contribution in [-0.2, 0) is 23.9 Å². The maximum Gasteiger partial charge on any atom is 0.311 e. The first-order chi connectivity index (χ1) is 16.4. The van der Waals surface area contributed by atoms with Crippen LogP contribution in [0.25, 0.3) is 11.1 Å². The molecule has 0 amide bonds. The molecule has 4 atom stereocenters. The van der Waals surface area contributed by atoms with E-state index in [0.29, 0.717) is 12.8 Å². The first kappa shape index (κ1) is 22.3. The van der Waals surface area contributed by atoms with Gasteiger partial charge >= 0.3 is 11.9 Å². The zero-order chi connectivity index (χ0) is 23.9. The summed E-state index contributed by atoms with van der Waals surface area (Å²) in [6, 6.07) is 19.4. The molecule has 2 aromatic carbocycles. The van der Waals surface area contributed by atoms with E-state index in [0.717, 1.165) is 22.3 Å². The molecule has 174 valence electrons. The summed E-state index contributed by atoms with van der Waals surface area (Å²) in [5.74, 6) is -3.08. The molecule has 5 nitrogen and oxygen atoms in total. The highest BCUT2D eigenvalue weighted by Gasteiger charge is 2.76. The number of carbonyl (C=O) groups excluding carboxylic acids is 3. The predicted octanol–water partition coefficient (Wildman–Crippen LogP) is 4.88. The number of allylic oxidation sites excluding steroid dienone is 2. The Labute approximate surface area is 199 Å². The molecule has 1 heterocycles. The van der Waals surface area contributed by atoms with Crippen LogP contribution in [0.2, 0.25) is 0 Å². The van der Waals surface area contributed by atoms with E-state index in [-0.39, 0.29) is 19.0 Å². The maximum absolute atomic E-state index is 14.3. The van der Waals surface area contributed by atoms with Gasteiger partial charge in [-0.3, -0.25) is 14.4 Å². The average Bonchev–Trinajstić information content (AvgIpc) is 3.14. The predicted molar refractivity (Wildman–Crippen MR) is 128 cm³/mol. The van der Waals surface area contributed by atoms with Crippen LogP contribution in [0.5, 0.6) is 0 Å². The molecule has 1 saturated carbocycles. The third kappa shape index (κ3) is 3.10. The molecule has 5 heteroatoms. The molecular formula is C29H28O5. The minimum absolute atomic E-state index is 0.130. The highest BCUT2D eigenvalue weighted by molar-refractivity contribution is 6.26. The molecule has 5 rings (SSSR count). The Hall–Kier alpha value is -3.47. The Kier molecular flexibility index (Phi) is 5.51. The van der Waals surface area contributed by atoms with Gasteiger partial charge in [-0.05, 0) is 49.0 Å². The number of Topliss-reactive ketones (excluding diaryl/α,β-unsaturated/α-hetero) is 1. The summed E-state index contributed by atoms with van der Waals surface area (Å²) in [6.45, 7) is 4.03. The van der Waals surface area contributed by atoms with Crippen molar-refractivity contribution >= 4 is 28.9 Å². The monoisotopic (exact) mass is 456 g/mol. The van der Waals surface area contributed by atoms with Crippen LogP contribution in [0.15, 0.2) is 72.8 Å². The number of esters is 2. The number of hydrogen-bond acceptors (Lipinski definition) is 5. The van der Waals surface area contributed by atoms with Crippen molar-refractivity contribution in [2.24, 2.45) is 22.7 Å². The molecule has 0 aromatic heterocycles. The zero-order valence-electron chi connectivity index (χ0n) is 19.5. The number of rotatable bonds is 2. The number of ketones is 1. The normalized spacial score (nSPS) is 32.4. The molecule has 2 aliphatic carbocycles. The lowest BCUT2D eigenvalue weighted by Gasteiger charge is -2.39. The molecule has 0 unspecified atom stereocenters. The summed E-state index contributed by atoms with van der Waals surface area (Å²) in [5.41, 5.74) is 0.892. The summed E-state index contributed by atoms with van der Waals surface area (Å²) < 4.78 is 11.3. The van der Waals surface area contributed by atoms with Gasteiger partial charge in [-0.25, -0.2) is 0 Å². The largest absolute Gasteiger partial charge is 0.465 e. The minimum atomic E-state index is -1.22. The fraction of sp³-hybridized carbons (Fsp3) is 0.345. The van der Waals surface area contributed by atoms with Gasteiger partial charge in [0.05, 0.1) is 35.9 Å². The van der Waals surface area contributed by atoms with Gasteiger partial charge in [0.15, 0.2) is 5.78 Å². The van der Waals surface area contributed by atoms with Crippen molar-refractivity contribution in [3.8, 4) is 0 Å². The van der Waals surface area contributed by atoms with Gasteiger partial charge in [0.1, 0.15) is 0 Å². The van der Waals surface area contributed by atoms with E-state index < -0.39 is 34.6 Å². The van der Waals surface area contributed by atoms with Crippen molar-refractivity contribution < 1.29 is 23.9 Å². The first-order valence-corrected chi connectivity index (χ1v) is 11.8. The first-order valence-electron chi connectivity index (χ1n) is 11.8. The Bertz CT molecular complexity index is 1100. The van der Waals surface area contributed by atoms with Crippen LogP contribution in [0, 0.1) is 22.7 Å².